The first-order chi connectivity index (χ1) is 12.0. The molecule has 0 bridgehead atoms. The Morgan fingerprint density at radius 1 is 1.40 bits per heavy atom. The molecule has 1 N–H and O–H groups in total. The summed E-state index contributed by atoms with van der Waals surface area (Å²) in [5.74, 6) is 0.660. The van der Waals surface area contributed by atoms with Gasteiger partial charge in [0.25, 0.3) is 5.56 Å². The molecule has 0 aliphatic rings. The lowest BCUT2D eigenvalue weighted by molar-refractivity contribution is 0.243. The number of hydrogen-bond acceptors (Lipinski definition) is 7. The molecule has 0 spiro atoms. The van der Waals surface area contributed by atoms with Crippen molar-refractivity contribution in [2.75, 3.05) is 26.1 Å². The smallest absolute Gasteiger partial charge is 0.338 e. The minimum Gasteiger partial charge on any atom is -0.494 e. The van der Waals surface area contributed by atoms with E-state index in [4.69, 9.17) is 4.74 Å². The Balaban J connectivity index is 1.78. The molecule has 0 fully saturated rings. The molecule has 1 amide bonds. The van der Waals surface area contributed by atoms with E-state index in [1.807, 2.05) is 19.0 Å². The predicted molar refractivity (Wildman–Crippen MR) is 96.6 cm³/mol. The summed E-state index contributed by atoms with van der Waals surface area (Å²) in [4.78, 5) is 35.4. The number of carbonyl (C=O) groups excluding carboxylic acids is 1. The molecule has 0 unspecified atom stereocenters. The molecule has 8 nitrogen and oxygen atoms in total. The number of hydrogen-bond donors (Lipinski definition) is 1. The van der Waals surface area contributed by atoms with Crippen LogP contribution in [0.4, 0.5) is 10.5 Å². The topological polar surface area (TPSA) is 89.3 Å². The summed E-state index contributed by atoms with van der Waals surface area (Å²) < 4.78 is 6.40. The number of carbonyl (C=O) groups is 1. The van der Waals surface area contributed by atoms with Gasteiger partial charge in [-0.3, -0.25) is 9.78 Å². The summed E-state index contributed by atoms with van der Waals surface area (Å²) in [5.41, 5.74) is 1.09. The zero-order valence-corrected chi connectivity index (χ0v) is 14.8. The second kappa shape index (κ2) is 6.89. The summed E-state index contributed by atoms with van der Waals surface area (Å²) in [5, 5.41) is 3.12. The summed E-state index contributed by atoms with van der Waals surface area (Å²) in [6.45, 7) is 0.178. The highest BCUT2D eigenvalue weighted by Gasteiger charge is 2.15. The quantitative estimate of drug-likeness (QED) is 0.762. The number of amides is 1. The van der Waals surface area contributed by atoms with Crippen molar-refractivity contribution in [3.63, 3.8) is 0 Å². The number of anilines is 1. The Morgan fingerprint density at radius 3 is 2.88 bits per heavy atom. The van der Waals surface area contributed by atoms with Gasteiger partial charge in [-0.15, -0.1) is 0 Å². The summed E-state index contributed by atoms with van der Waals surface area (Å²) in [7, 11) is 5.36. The predicted octanol–water partition coefficient (Wildman–Crippen LogP) is 1.69. The molecule has 0 saturated heterocycles. The van der Waals surface area contributed by atoms with E-state index in [2.05, 4.69) is 15.3 Å². The molecule has 0 aromatic carbocycles. The molecule has 130 valence electrons. The lowest BCUT2D eigenvalue weighted by atomic mass is 10.3. The normalized spacial score (nSPS) is 10.7. The van der Waals surface area contributed by atoms with Gasteiger partial charge in [-0.25, -0.2) is 9.78 Å². The van der Waals surface area contributed by atoms with Gasteiger partial charge in [0.2, 0.25) is 0 Å². The van der Waals surface area contributed by atoms with Crippen molar-refractivity contribution < 1.29 is 9.53 Å². The van der Waals surface area contributed by atoms with E-state index in [0.29, 0.717) is 21.7 Å². The second-order valence-corrected chi connectivity index (χ2v) is 6.38. The first-order valence-electron chi connectivity index (χ1n) is 7.46. The van der Waals surface area contributed by atoms with Gasteiger partial charge in [-0.2, -0.15) is 3.96 Å². The highest BCUT2D eigenvalue weighted by molar-refractivity contribution is 7.14. The maximum Gasteiger partial charge on any atom is 0.338 e. The van der Waals surface area contributed by atoms with Crippen molar-refractivity contribution in [2.24, 2.45) is 0 Å². The van der Waals surface area contributed by atoms with Crippen LogP contribution >= 0.6 is 11.5 Å². The van der Waals surface area contributed by atoms with Crippen LogP contribution in [0.15, 0.2) is 35.4 Å². The average molecular weight is 359 g/mol. The van der Waals surface area contributed by atoms with Crippen LogP contribution in [0.2, 0.25) is 0 Å². The number of ether oxygens (including phenoxy) is 1. The van der Waals surface area contributed by atoms with Crippen LogP contribution in [0.5, 0.6) is 5.75 Å². The standard InChI is InChI=1S/C16H17N5O3S/c1-20(2)12-9-18-10(7-13(12)24-3)8-19-16(23)21-15(22)11-5-4-6-17-14(11)25-21/h4-7,9H,8H2,1-3H3,(H,19,23). The third-order valence-corrected chi connectivity index (χ3v) is 4.59. The van der Waals surface area contributed by atoms with Crippen molar-refractivity contribution >= 4 is 33.5 Å². The number of pyridine rings is 2. The van der Waals surface area contributed by atoms with Crippen molar-refractivity contribution in [3.8, 4) is 5.75 Å². The van der Waals surface area contributed by atoms with Crippen LogP contribution in [0.25, 0.3) is 10.2 Å². The van der Waals surface area contributed by atoms with Gasteiger partial charge in [-0.05, 0) is 23.7 Å². The van der Waals surface area contributed by atoms with E-state index < -0.39 is 6.03 Å². The maximum absolute atomic E-state index is 12.3. The zero-order chi connectivity index (χ0) is 18.0. The molecule has 3 aromatic heterocycles. The van der Waals surface area contributed by atoms with Gasteiger partial charge < -0.3 is 15.0 Å². The monoisotopic (exact) mass is 359 g/mol. The summed E-state index contributed by atoms with van der Waals surface area (Å²) >= 11 is 1.01. The number of rotatable bonds is 4. The first-order valence-corrected chi connectivity index (χ1v) is 8.24. The lowest BCUT2D eigenvalue weighted by Crippen LogP contribution is -2.32. The van der Waals surface area contributed by atoms with Gasteiger partial charge in [0.15, 0.2) is 0 Å². The van der Waals surface area contributed by atoms with Crippen LogP contribution in [0, 0.1) is 0 Å². The van der Waals surface area contributed by atoms with Crippen molar-refractivity contribution in [3.05, 3.63) is 46.6 Å². The Morgan fingerprint density at radius 2 is 2.20 bits per heavy atom. The summed E-state index contributed by atoms with van der Waals surface area (Å²) in [6, 6.07) is 4.56. The summed E-state index contributed by atoms with van der Waals surface area (Å²) in [6.07, 6.45) is 3.26. The number of fused-ring (bicyclic) bond motifs is 1. The van der Waals surface area contributed by atoms with Crippen molar-refractivity contribution in [1.82, 2.24) is 19.2 Å². The maximum atomic E-state index is 12.3. The fraction of sp³-hybridized carbons (Fsp3) is 0.250. The minimum absolute atomic E-state index is 0.178. The van der Waals surface area contributed by atoms with Gasteiger partial charge >= 0.3 is 6.03 Å². The molecule has 3 aromatic rings. The van der Waals surface area contributed by atoms with Crippen LogP contribution in [-0.2, 0) is 6.54 Å². The molecule has 25 heavy (non-hydrogen) atoms. The minimum atomic E-state index is -0.509. The molecular formula is C16H17N5O3S. The van der Waals surface area contributed by atoms with E-state index in [9.17, 15) is 9.59 Å². The van der Waals surface area contributed by atoms with Gasteiger partial charge in [0, 0.05) is 26.4 Å². The largest absolute Gasteiger partial charge is 0.494 e. The van der Waals surface area contributed by atoms with E-state index >= 15 is 0 Å². The Bertz CT molecular complexity index is 979. The molecule has 9 heteroatoms. The van der Waals surface area contributed by atoms with Crippen molar-refractivity contribution in [2.45, 2.75) is 6.54 Å². The van der Waals surface area contributed by atoms with E-state index in [1.54, 1.807) is 37.7 Å². The number of nitrogens with zero attached hydrogens (tertiary/aromatic N) is 4. The Labute approximate surface area is 147 Å². The molecule has 0 atom stereocenters. The Hall–Kier alpha value is -2.94. The van der Waals surface area contributed by atoms with E-state index in [1.165, 1.54) is 0 Å². The number of aromatic nitrogens is 3. The number of nitrogens with one attached hydrogen (secondary N) is 1. The molecule has 3 rings (SSSR count). The van der Waals surface area contributed by atoms with Gasteiger partial charge in [-0.1, -0.05) is 0 Å². The third kappa shape index (κ3) is 3.31. The van der Waals surface area contributed by atoms with Crippen LogP contribution < -0.4 is 20.5 Å². The van der Waals surface area contributed by atoms with Gasteiger partial charge in [0.05, 0.1) is 36.6 Å². The highest BCUT2D eigenvalue weighted by atomic mass is 32.1. The van der Waals surface area contributed by atoms with Crippen molar-refractivity contribution in [1.29, 1.82) is 0 Å². The zero-order valence-electron chi connectivity index (χ0n) is 14.0. The average Bonchev–Trinajstić information content (AvgIpc) is 2.96. The van der Waals surface area contributed by atoms with Gasteiger partial charge in [0.1, 0.15) is 10.6 Å². The first kappa shape index (κ1) is 16.9. The Kier molecular flexibility index (Phi) is 4.66. The van der Waals surface area contributed by atoms with Crippen LogP contribution in [-0.4, -0.2) is 41.2 Å². The molecule has 0 aliphatic heterocycles. The van der Waals surface area contributed by atoms with E-state index in [0.717, 1.165) is 21.2 Å². The third-order valence-electron chi connectivity index (χ3n) is 3.57. The van der Waals surface area contributed by atoms with Crippen LogP contribution in [0.1, 0.15) is 5.69 Å². The molecule has 0 saturated carbocycles. The van der Waals surface area contributed by atoms with E-state index in [-0.39, 0.29) is 12.1 Å². The fourth-order valence-electron chi connectivity index (χ4n) is 2.30. The number of methoxy groups -OCH3 is 1. The lowest BCUT2D eigenvalue weighted by Gasteiger charge is -2.16. The van der Waals surface area contributed by atoms with Crippen LogP contribution in [0.3, 0.4) is 0 Å². The molecule has 0 aliphatic carbocycles. The molecular weight excluding hydrogens is 342 g/mol. The fourth-order valence-corrected chi connectivity index (χ4v) is 3.16. The highest BCUT2D eigenvalue weighted by Crippen LogP contribution is 2.26. The SMILES string of the molecule is COc1cc(CNC(=O)n2sc3ncccc3c2=O)ncc1N(C)C. The second-order valence-electron chi connectivity index (χ2n) is 5.45. The molecule has 3 heterocycles. The molecule has 0 radical (unpaired) electrons.